The first-order valence-corrected chi connectivity index (χ1v) is 9.94. The molecule has 4 rings (SSSR count). The number of rotatable bonds is 5. The highest BCUT2D eigenvalue weighted by molar-refractivity contribution is 5.94. The van der Waals surface area contributed by atoms with Crippen molar-refractivity contribution < 1.29 is 18.7 Å². The van der Waals surface area contributed by atoms with Crippen LogP contribution in [0, 0.1) is 11.7 Å². The van der Waals surface area contributed by atoms with Gasteiger partial charge in [0.2, 0.25) is 11.9 Å². The van der Waals surface area contributed by atoms with Crippen molar-refractivity contribution in [2.24, 2.45) is 11.7 Å². The van der Waals surface area contributed by atoms with Crippen LogP contribution in [0.4, 0.5) is 16.2 Å². The van der Waals surface area contributed by atoms with Gasteiger partial charge in [-0.3, -0.25) is 14.5 Å². The molecule has 30 heavy (non-hydrogen) atoms. The molecule has 1 aliphatic carbocycles. The molecular formula is C20H23FN6O3. The summed E-state index contributed by atoms with van der Waals surface area (Å²) in [5.74, 6) is -0.369. The molecule has 9 nitrogen and oxygen atoms in total. The molecule has 3 heterocycles. The minimum atomic E-state index is -0.566. The molecule has 2 aromatic rings. The minimum Gasteiger partial charge on any atom is -0.370 e. The molecule has 3 N–H and O–H groups in total. The molecule has 0 bridgehead atoms. The number of carbonyl (C=O) groups is 2. The first-order valence-electron chi connectivity index (χ1n) is 9.94. The first kappa shape index (κ1) is 20.1. The fraction of sp³-hybridized carbons (Fsp3) is 0.450. The number of ether oxygens (including phenoxy) is 1. The maximum atomic E-state index is 14.5. The van der Waals surface area contributed by atoms with Crippen LogP contribution in [0.15, 0.2) is 24.5 Å². The van der Waals surface area contributed by atoms with Crippen molar-refractivity contribution in [3.63, 3.8) is 0 Å². The molecule has 0 spiro atoms. The van der Waals surface area contributed by atoms with Crippen LogP contribution in [-0.2, 0) is 14.3 Å². The highest BCUT2D eigenvalue weighted by Crippen LogP contribution is 2.28. The summed E-state index contributed by atoms with van der Waals surface area (Å²) in [7, 11) is 0. The standard InChI is InChI=1S/C20H23FN6O3/c21-15-10-24-20(25-14-3-1-12(2-4-14)19(22)29)26-18(15)13-5-6-23-16(9-13)27-7-8-30-11-17(27)28/h5-6,9-10,12,14H,1-4,7-8,11H2,(H2,22,29)(H,24,25,26). The predicted molar refractivity (Wildman–Crippen MR) is 107 cm³/mol. The number of amides is 2. The summed E-state index contributed by atoms with van der Waals surface area (Å²) in [6.07, 6.45) is 5.60. The van der Waals surface area contributed by atoms with Crippen molar-refractivity contribution >= 4 is 23.6 Å². The fourth-order valence-corrected chi connectivity index (χ4v) is 3.82. The lowest BCUT2D eigenvalue weighted by Gasteiger charge is -2.27. The van der Waals surface area contributed by atoms with Crippen LogP contribution in [0.3, 0.4) is 0 Å². The maximum Gasteiger partial charge on any atom is 0.254 e. The Hall–Kier alpha value is -3.14. The Morgan fingerprint density at radius 1 is 1.27 bits per heavy atom. The van der Waals surface area contributed by atoms with Gasteiger partial charge in [0.05, 0.1) is 19.3 Å². The first-order chi connectivity index (χ1) is 14.5. The number of pyridine rings is 1. The van der Waals surface area contributed by atoms with Crippen LogP contribution >= 0.6 is 0 Å². The van der Waals surface area contributed by atoms with Gasteiger partial charge in [0.15, 0.2) is 5.82 Å². The Morgan fingerprint density at radius 3 is 2.80 bits per heavy atom. The van der Waals surface area contributed by atoms with Crippen LogP contribution in [0.25, 0.3) is 11.3 Å². The van der Waals surface area contributed by atoms with E-state index in [0.29, 0.717) is 43.3 Å². The lowest BCUT2D eigenvalue weighted by molar-refractivity contribution is -0.125. The lowest BCUT2D eigenvalue weighted by Crippen LogP contribution is -2.42. The number of primary amides is 1. The molecule has 0 unspecified atom stereocenters. The van der Waals surface area contributed by atoms with E-state index in [4.69, 9.17) is 10.5 Å². The predicted octanol–water partition coefficient (Wildman–Crippen LogP) is 1.50. The number of anilines is 2. The van der Waals surface area contributed by atoms with Gasteiger partial charge in [-0.25, -0.2) is 19.3 Å². The van der Waals surface area contributed by atoms with Crippen molar-refractivity contribution in [1.82, 2.24) is 15.0 Å². The average molecular weight is 414 g/mol. The van der Waals surface area contributed by atoms with Gasteiger partial charge in [-0.15, -0.1) is 0 Å². The minimum absolute atomic E-state index is 0.000156. The summed E-state index contributed by atoms with van der Waals surface area (Å²) in [4.78, 5) is 37.5. The monoisotopic (exact) mass is 414 g/mol. The number of nitrogens with zero attached hydrogens (tertiary/aromatic N) is 4. The molecule has 1 saturated carbocycles. The number of halogens is 1. The number of hydrogen-bond acceptors (Lipinski definition) is 7. The number of carbonyl (C=O) groups excluding carboxylic acids is 2. The molecule has 1 saturated heterocycles. The van der Waals surface area contributed by atoms with E-state index in [9.17, 15) is 14.0 Å². The normalized spacial score (nSPS) is 22.0. The van der Waals surface area contributed by atoms with E-state index in [1.165, 1.54) is 11.1 Å². The lowest BCUT2D eigenvalue weighted by atomic mass is 9.86. The van der Waals surface area contributed by atoms with Crippen molar-refractivity contribution in [2.45, 2.75) is 31.7 Å². The molecule has 2 amide bonds. The quantitative estimate of drug-likeness (QED) is 0.760. The highest BCUT2D eigenvalue weighted by atomic mass is 19.1. The molecule has 2 fully saturated rings. The van der Waals surface area contributed by atoms with Gasteiger partial charge in [-0.05, 0) is 37.8 Å². The Bertz CT molecular complexity index is 948. The average Bonchev–Trinajstić information content (AvgIpc) is 2.76. The molecule has 0 aromatic carbocycles. The Morgan fingerprint density at radius 2 is 2.07 bits per heavy atom. The highest BCUT2D eigenvalue weighted by Gasteiger charge is 2.26. The third-order valence-corrected chi connectivity index (χ3v) is 5.49. The smallest absolute Gasteiger partial charge is 0.254 e. The third kappa shape index (κ3) is 4.38. The molecule has 2 aromatic heterocycles. The second kappa shape index (κ2) is 8.70. The summed E-state index contributed by atoms with van der Waals surface area (Å²) in [5, 5.41) is 3.23. The van der Waals surface area contributed by atoms with Crippen molar-refractivity contribution in [3.8, 4) is 11.3 Å². The number of hydrogen-bond donors (Lipinski definition) is 2. The van der Waals surface area contributed by atoms with Crippen LogP contribution in [0.2, 0.25) is 0 Å². The van der Waals surface area contributed by atoms with E-state index in [0.717, 1.165) is 19.0 Å². The molecular weight excluding hydrogens is 391 g/mol. The zero-order valence-corrected chi connectivity index (χ0v) is 16.4. The molecule has 1 aliphatic heterocycles. The third-order valence-electron chi connectivity index (χ3n) is 5.49. The molecule has 158 valence electrons. The second-order valence-electron chi connectivity index (χ2n) is 7.49. The Labute approximate surface area is 172 Å². The zero-order chi connectivity index (χ0) is 21.1. The summed E-state index contributed by atoms with van der Waals surface area (Å²) < 4.78 is 19.6. The van der Waals surface area contributed by atoms with E-state index in [1.807, 2.05) is 0 Å². The molecule has 0 atom stereocenters. The van der Waals surface area contributed by atoms with Crippen LogP contribution in [0.1, 0.15) is 25.7 Å². The second-order valence-corrected chi connectivity index (χ2v) is 7.49. The van der Waals surface area contributed by atoms with Gasteiger partial charge in [0.1, 0.15) is 18.1 Å². The van der Waals surface area contributed by atoms with Gasteiger partial charge in [-0.2, -0.15) is 0 Å². The van der Waals surface area contributed by atoms with E-state index in [-0.39, 0.29) is 36.1 Å². The fourth-order valence-electron chi connectivity index (χ4n) is 3.82. The largest absolute Gasteiger partial charge is 0.370 e. The van der Waals surface area contributed by atoms with Crippen molar-refractivity contribution in [1.29, 1.82) is 0 Å². The van der Waals surface area contributed by atoms with Gasteiger partial charge < -0.3 is 15.8 Å². The Kier molecular flexibility index (Phi) is 5.84. The number of nitrogens with one attached hydrogen (secondary N) is 1. The van der Waals surface area contributed by atoms with Gasteiger partial charge >= 0.3 is 0 Å². The van der Waals surface area contributed by atoms with Crippen LogP contribution < -0.4 is 16.0 Å². The maximum absolute atomic E-state index is 14.5. The zero-order valence-electron chi connectivity index (χ0n) is 16.4. The van der Waals surface area contributed by atoms with Gasteiger partial charge in [-0.1, -0.05) is 0 Å². The number of aromatic nitrogens is 3. The Balaban J connectivity index is 1.52. The van der Waals surface area contributed by atoms with Gasteiger partial charge in [0.25, 0.3) is 5.91 Å². The molecule has 2 aliphatic rings. The summed E-state index contributed by atoms with van der Waals surface area (Å²) in [6.45, 7) is 0.813. The van der Waals surface area contributed by atoms with Crippen LogP contribution in [-0.4, -0.2) is 52.6 Å². The summed E-state index contributed by atoms with van der Waals surface area (Å²) in [6, 6.07) is 3.37. The van der Waals surface area contributed by atoms with E-state index < -0.39 is 5.82 Å². The molecule has 0 radical (unpaired) electrons. The van der Waals surface area contributed by atoms with E-state index in [1.54, 1.807) is 12.1 Å². The number of nitrogens with two attached hydrogens (primary N) is 1. The van der Waals surface area contributed by atoms with Crippen LogP contribution in [0.5, 0.6) is 0 Å². The van der Waals surface area contributed by atoms with E-state index in [2.05, 4.69) is 20.3 Å². The molecule has 10 heteroatoms. The van der Waals surface area contributed by atoms with Crippen molar-refractivity contribution in [2.75, 3.05) is 30.0 Å². The SMILES string of the molecule is NC(=O)C1CCC(Nc2ncc(F)c(-c3ccnc(N4CCOCC4=O)c3)n2)CC1. The van der Waals surface area contributed by atoms with Crippen molar-refractivity contribution in [3.05, 3.63) is 30.3 Å². The topological polar surface area (TPSA) is 123 Å². The number of morpholine rings is 1. The summed E-state index contributed by atoms with van der Waals surface area (Å²) >= 11 is 0. The van der Waals surface area contributed by atoms with E-state index >= 15 is 0 Å². The van der Waals surface area contributed by atoms with Gasteiger partial charge in [0, 0.05) is 23.7 Å². The summed E-state index contributed by atoms with van der Waals surface area (Å²) in [5.41, 5.74) is 6.01.